The van der Waals surface area contributed by atoms with Gasteiger partial charge in [-0.3, -0.25) is 4.79 Å². The highest BCUT2D eigenvalue weighted by atomic mass is 35.5. The second-order valence-electron chi connectivity index (χ2n) is 6.45. The second kappa shape index (κ2) is 8.95. The number of amides is 1. The third-order valence-corrected chi connectivity index (χ3v) is 5.63. The molecule has 1 aromatic carbocycles. The first kappa shape index (κ1) is 23.2. The van der Waals surface area contributed by atoms with E-state index in [1.54, 1.807) is 13.8 Å². The number of carbonyl (C=O) groups excluding carboxylic acids is 1. The highest BCUT2D eigenvalue weighted by Crippen LogP contribution is 2.37. The first-order valence-corrected chi connectivity index (χ1v) is 10.1. The number of thioether (sulfide) groups is 1. The van der Waals surface area contributed by atoms with E-state index in [1.165, 1.54) is 18.2 Å². The highest BCUT2D eigenvalue weighted by Gasteiger charge is 2.37. The molecule has 13 heteroatoms. The summed E-state index contributed by atoms with van der Waals surface area (Å²) in [5.41, 5.74) is 1.47. The number of anilines is 1. The van der Waals surface area contributed by atoms with Gasteiger partial charge in [0.15, 0.2) is 0 Å². The minimum absolute atomic E-state index is 0.0465. The lowest BCUT2D eigenvalue weighted by Gasteiger charge is -2.13. The molecule has 0 saturated carbocycles. The summed E-state index contributed by atoms with van der Waals surface area (Å²) in [5, 5.41) is 6.08. The van der Waals surface area contributed by atoms with Crippen LogP contribution in [0.3, 0.4) is 0 Å². The van der Waals surface area contributed by atoms with Gasteiger partial charge in [0, 0.05) is 17.8 Å². The van der Waals surface area contributed by atoms with E-state index in [1.807, 2.05) is 0 Å². The summed E-state index contributed by atoms with van der Waals surface area (Å²) >= 11 is 6.17. The van der Waals surface area contributed by atoms with Crippen LogP contribution in [0.1, 0.15) is 29.2 Å². The van der Waals surface area contributed by atoms with Crippen molar-refractivity contribution in [3.63, 3.8) is 0 Å². The van der Waals surface area contributed by atoms with Gasteiger partial charge in [0.2, 0.25) is 5.91 Å². The van der Waals surface area contributed by atoms with Crippen LogP contribution in [0.2, 0.25) is 5.02 Å². The minimum atomic E-state index is -4.71. The Kier molecular flexibility index (Phi) is 6.70. The molecule has 2 aromatic heterocycles. The average molecular weight is 480 g/mol. The van der Waals surface area contributed by atoms with Crippen LogP contribution >= 0.6 is 23.4 Å². The molecule has 1 amide bonds. The van der Waals surface area contributed by atoms with Crippen molar-refractivity contribution in [1.82, 2.24) is 19.6 Å². The molecule has 2 heterocycles. The Morgan fingerprint density at radius 2 is 1.97 bits per heavy atom. The average Bonchev–Trinajstić information content (AvgIpc) is 3.09. The maximum Gasteiger partial charge on any atom is 0.453 e. The summed E-state index contributed by atoms with van der Waals surface area (Å²) < 4.78 is 65.2. The number of benzene rings is 1. The van der Waals surface area contributed by atoms with E-state index in [0.29, 0.717) is 17.0 Å². The van der Waals surface area contributed by atoms with Gasteiger partial charge in [0.05, 0.1) is 15.6 Å². The molecule has 0 saturated heterocycles. The molecule has 0 radical (unpaired) electrons. The molecule has 3 aromatic rings. The number of fused-ring (bicyclic) bond motifs is 1. The molecule has 31 heavy (non-hydrogen) atoms. The van der Waals surface area contributed by atoms with E-state index in [2.05, 4.69) is 20.4 Å². The number of halogens is 6. The zero-order valence-electron chi connectivity index (χ0n) is 16.1. The fourth-order valence-corrected chi connectivity index (χ4v) is 3.87. The quantitative estimate of drug-likeness (QED) is 0.384. The lowest BCUT2D eigenvalue weighted by molar-refractivity contribution is -0.144. The van der Waals surface area contributed by atoms with Gasteiger partial charge in [-0.1, -0.05) is 29.4 Å². The van der Waals surface area contributed by atoms with Crippen molar-refractivity contribution in [2.24, 2.45) is 0 Å². The van der Waals surface area contributed by atoms with Gasteiger partial charge < -0.3 is 5.32 Å². The molecule has 0 aliphatic heterocycles. The zero-order chi connectivity index (χ0) is 22.9. The van der Waals surface area contributed by atoms with Crippen LogP contribution < -0.4 is 5.32 Å². The smallest absolute Gasteiger partial charge is 0.325 e. The van der Waals surface area contributed by atoms with Crippen LogP contribution in [-0.4, -0.2) is 31.2 Å². The number of nitrogens with zero attached hydrogens (tertiary/aromatic N) is 4. The summed E-state index contributed by atoms with van der Waals surface area (Å²) in [5.74, 6) is -4.69. The van der Waals surface area contributed by atoms with E-state index in [4.69, 9.17) is 11.6 Å². The number of nitrogens with one attached hydrogen (secondary N) is 1. The van der Waals surface area contributed by atoms with Gasteiger partial charge in [-0.15, -0.1) is 5.10 Å². The molecule has 0 aliphatic rings. The fraction of sp³-hybridized carbons (Fsp3) is 0.333. The van der Waals surface area contributed by atoms with Crippen LogP contribution in [0.5, 0.6) is 0 Å². The molecule has 6 nitrogen and oxygen atoms in total. The lowest BCUT2D eigenvalue weighted by Crippen LogP contribution is -2.15. The Bertz CT molecular complexity index is 1130. The Morgan fingerprint density at radius 1 is 1.26 bits per heavy atom. The topological polar surface area (TPSA) is 72.2 Å². The molecule has 0 fully saturated rings. The third-order valence-electron chi connectivity index (χ3n) is 4.35. The summed E-state index contributed by atoms with van der Waals surface area (Å²) in [6, 6.07) is 4.40. The standard InChI is InChI=1S/C18H15ClF5N5OS/c1-8-10(9(2)29-17(25-8)27-15(28-29)18(22,23)24)6-7-13(30)26-12-5-3-4-11(19)14(12)31-16(20)21/h3-5,16H,6-7H2,1-2H3,(H,26,30). The van der Waals surface area contributed by atoms with E-state index >= 15 is 0 Å². The summed E-state index contributed by atoms with van der Waals surface area (Å²) in [6.07, 6.45) is -4.63. The predicted octanol–water partition coefficient (Wildman–Crippen LogP) is 5.30. The van der Waals surface area contributed by atoms with Crippen molar-refractivity contribution in [3.8, 4) is 0 Å². The van der Waals surface area contributed by atoms with Crippen LogP contribution in [-0.2, 0) is 17.4 Å². The number of aromatic nitrogens is 4. The van der Waals surface area contributed by atoms with Crippen LogP contribution in [0.4, 0.5) is 27.6 Å². The molecule has 0 spiro atoms. The normalized spacial score (nSPS) is 12.0. The Hall–Kier alpha value is -2.47. The Morgan fingerprint density at radius 3 is 2.61 bits per heavy atom. The summed E-state index contributed by atoms with van der Waals surface area (Å²) in [4.78, 5) is 19.9. The maximum absolute atomic E-state index is 12.9. The van der Waals surface area contributed by atoms with E-state index in [-0.39, 0.29) is 46.0 Å². The Labute approximate surface area is 182 Å². The van der Waals surface area contributed by atoms with Crippen LogP contribution in [0.15, 0.2) is 23.1 Å². The van der Waals surface area contributed by atoms with Crippen molar-refractivity contribution in [1.29, 1.82) is 0 Å². The summed E-state index contributed by atoms with van der Waals surface area (Å²) in [7, 11) is 0. The monoisotopic (exact) mass is 479 g/mol. The first-order chi connectivity index (χ1) is 14.5. The molecule has 166 valence electrons. The predicted molar refractivity (Wildman–Crippen MR) is 106 cm³/mol. The maximum atomic E-state index is 12.9. The van der Waals surface area contributed by atoms with Crippen LogP contribution in [0.25, 0.3) is 5.78 Å². The van der Waals surface area contributed by atoms with Gasteiger partial charge in [-0.25, -0.2) is 9.50 Å². The number of alkyl halides is 5. The molecule has 1 N–H and O–H groups in total. The summed E-state index contributed by atoms with van der Waals surface area (Å²) in [6.45, 7) is 3.15. The second-order valence-corrected chi connectivity index (χ2v) is 7.86. The number of hydrogen-bond donors (Lipinski definition) is 1. The molecular formula is C18H15ClF5N5OS. The van der Waals surface area contributed by atoms with Crippen molar-refractivity contribution >= 4 is 40.7 Å². The van der Waals surface area contributed by atoms with Gasteiger partial charge in [-0.05, 0) is 38.0 Å². The number of hydrogen-bond acceptors (Lipinski definition) is 5. The highest BCUT2D eigenvalue weighted by molar-refractivity contribution is 7.99. The SMILES string of the molecule is Cc1nc2nc(C(F)(F)F)nn2c(C)c1CCC(=O)Nc1cccc(Cl)c1SC(F)F. The zero-order valence-corrected chi connectivity index (χ0v) is 17.7. The Balaban J connectivity index is 1.79. The largest absolute Gasteiger partial charge is 0.453 e. The fourth-order valence-electron chi connectivity index (χ4n) is 2.96. The van der Waals surface area contributed by atoms with E-state index in [9.17, 15) is 26.7 Å². The lowest BCUT2D eigenvalue weighted by atomic mass is 10.1. The number of rotatable bonds is 6. The van der Waals surface area contributed by atoms with Crippen molar-refractivity contribution in [3.05, 3.63) is 46.0 Å². The molecule has 0 bridgehead atoms. The van der Waals surface area contributed by atoms with Gasteiger partial charge in [-0.2, -0.15) is 26.9 Å². The first-order valence-electron chi connectivity index (χ1n) is 8.80. The molecule has 0 unspecified atom stereocenters. The van der Waals surface area contributed by atoms with Gasteiger partial charge in [0.1, 0.15) is 0 Å². The number of aryl methyl sites for hydroxylation is 2. The van der Waals surface area contributed by atoms with Gasteiger partial charge >= 0.3 is 6.18 Å². The van der Waals surface area contributed by atoms with Gasteiger partial charge in [0.25, 0.3) is 17.4 Å². The molecule has 0 atom stereocenters. The minimum Gasteiger partial charge on any atom is -0.325 e. The van der Waals surface area contributed by atoms with Crippen LogP contribution in [0, 0.1) is 13.8 Å². The van der Waals surface area contributed by atoms with Crippen molar-refractivity contribution in [2.75, 3.05) is 5.32 Å². The molecule has 0 aliphatic carbocycles. The van der Waals surface area contributed by atoms with E-state index in [0.717, 1.165) is 4.52 Å². The van der Waals surface area contributed by atoms with Crippen molar-refractivity contribution < 1.29 is 26.7 Å². The number of carbonyl (C=O) groups is 1. The van der Waals surface area contributed by atoms with Crippen molar-refractivity contribution in [2.45, 2.75) is 43.5 Å². The molecule has 3 rings (SSSR count). The van der Waals surface area contributed by atoms with E-state index < -0.39 is 23.7 Å². The molecular weight excluding hydrogens is 465 g/mol. The third kappa shape index (κ3) is 5.24.